The monoisotopic (exact) mass is 532 g/mol. The lowest BCUT2D eigenvalue weighted by atomic mass is 9.84. The fourth-order valence-electron chi connectivity index (χ4n) is 3.58. The summed E-state index contributed by atoms with van der Waals surface area (Å²) in [5.74, 6) is -1.34. The molecule has 0 bridgehead atoms. The molecule has 0 aliphatic heterocycles. The second-order valence-electron chi connectivity index (χ2n) is 9.34. The summed E-state index contributed by atoms with van der Waals surface area (Å²) >= 11 is 0. The van der Waals surface area contributed by atoms with Crippen LogP contribution in [0.15, 0.2) is 23.1 Å². The number of alkyl halides is 6. The summed E-state index contributed by atoms with van der Waals surface area (Å²) in [5.41, 5.74) is -4.29. The van der Waals surface area contributed by atoms with Gasteiger partial charge in [-0.25, -0.2) is 17.9 Å². The molecule has 14 heteroatoms. The van der Waals surface area contributed by atoms with Gasteiger partial charge in [-0.15, -0.1) is 0 Å². The third kappa shape index (κ3) is 8.89. The molecule has 7 nitrogen and oxygen atoms in total. The SMILES string of the molecule is CC(C)(C)OC(=O)NC1CCC(CC(=O)NS(=O)(=O)c2cc(C(F)(F)F)cc(C(F)(F)F)c2)CC1. The molecule has 1 aromatic rings. The highest BCUT2D eigenvalue weighted by atomic mass is 32.2. The number of hydrogen-bond donors (Lipinski definition) is 2. The standard InChI is InChI=1S/C21H26F6N2O5S/c1-19(2,3)34-18(31)28-15-6-4-12(5-7-15)8-17(30)29-35(32,33)16-10-13(20(22,23)24)9-14(11-16)21(25,26)27/h9-12,15H,4-8H2,1-3H3,(H,28,31)(H,29,30). The second-order valence-corrected chi connectivity index (χ2v) is 11.0. The van der Waals surface area contributed by atoms with E-state index in [2.05, 4.69) is 5.32 Å². The fraction of sp³-hybridized carbons (Fsp3) is 0.619. The maximum Gasteiger partial charge on any atom is 0.416 e. The van der Waals surface area contributed by atoms with Gasteiger partial charge in [0.2, 0.25) is 5.91 Å². The van der Waals surface area contributed by atoms with Crippen molar-refractivity contribution in [3.8, 4) is 0 Å². The molecule has 0 spiro atoms. The van der Waals surface area contributed by atoms with Gasteiger partial charge >= 0.3 is 18.4 Å². The highest BCUT2D eigenvalue weighted by molar-refractivity contribution is 7.90. The van der Waals surface area contributed by atoms with Crippen LogP contribution in [0.5, 0.6) is 0 Å². The molecule has 2 amide bonds. The number of ether oxygens (including phenoxy) is 1. The molecule has 1 fully saturated rings. The Morgan fingerprint density at radius 3 is 1.83 bits per heavy atom. The molecule has 35 heavy (non-hydrogen) atoms. The Balaban J connectivity index is 2.02. The first-order valence-corrected chi connectivity index (χ1v) is 12.1. The Bertz CT molecular complexity index is 1010. The van der Waals surface area contributed by atoms with Crippen LogP contribution in [0.2, 0.25) is 0 Å². The normalized spacial score (nSPS) is 19.7. The van der Waals surface area contributed by atoms with Crippen molar-refractivity contribution in [2.75, 3.05) is 0 Å². The second kappa shape index (κ2) is 10.2. The van der Waals surface area contributed by atoms with E-state index in [1.807, 2.05) is 0 Å². The van der Waals surface area contributed by atoms with Gasteiger partial charge in [-0.3, -0.25) is 4.79 Å². The Labute approximate surface area is 198 Å². The molecular formula is C21H26F6N2O5S. The van der Waals surface area contributed by atoms with Gasteiger partial charge in [-0.1, -0.05) is 0 Å². The van der Waals surface area contributed by atoms with Gasteiger partial charge in [0.15, 0.2) is 0 Å². The Kier molecular flexibility index (Phi) is 8.40. The minimum atomic E-state index is -5.23. The first-order valence-electron chi connectivity index (χ1n) is 10.6. The maximum atomic E-state index is 13.0. The number of hydrogen-bond acceptors (Lipinski definition) is 5. The van der Waals surface area contributed by atoms with Crippen LogP contribution in [0.25, 0.3) is 0 Å². The number of benzene rings is 1. The number of sulfonamides is 1. The quantitative estimate of drug-likeness (QED) is 0.520. The van der Waals surface area contributed by atoms with E-state index in [-0.39, 0.29) is 36.6 Å². The molecule has 0 atom stereocenters. The topological polar surface area (TPSA) is 102 Å². The van der Waals surface area contributed by atoms with Crippen LogP contribution < -0.4 is 10.0 Å². The maximum absolute atomic E-state index is 13.0. The van der Waals surface area contributed by atoms with Crippen LogP contribution in [0.4, 0.5) is 31.1 Å². The average Bonchev–Trinajstić information content (AvgIpc) is 2.66. The molecule has 1 aromatic carbocycles. The van der Waals surface area contributed by atoms with Crippen LogP contribution in [0.3, 0.4) is 0 Å². The lowest BCUT2D eigenvalue weighted by Gasteiger charge is -2.29. The van der Waals surface area contributed by atoms with Crippen LogP contribution in [-0.4, -0.2) is 32.1 Å². The zero-order valence-electron chi connectivity index (χ0n) is 19.1. The molecule has 2 N–H and O–H groups in total. The first kappa shape index (κ1) is 28.7. The summed E-state index contributed by atoms with van der Waals surface area (Å²) in [5, 5.41) is 2.70. The molecule has 1 saturated carbocycles. The van der Waals surface area contributed by atoms with Crippen LogP contribution >= 0.6 is 0 Å². The molecule has 2 rings (SSSR count). The number of carbonyl (C=O) groups excluding carboxylic acids is 2. The number of alkyl carbamates (subject to hydrolysis) is 1. The molecule has 1 aliphatic carbocycles. The van der Waals surface area contributed by atoms with Gasteiger partial charge in [0.1, 0.15) is 5.60 Å². The Morgan fingerprint density at radius 2 is 1.40 bits per heavy atom. The minimum absolute atomic E-state index is 0.0401. The third-order valence-electron chi connectivity index (χ3n) is 5.16. The largest absolute Gasteiger partial charge is 0.444 e. The number of nitrogens with one attached hydrogen (secondary N) is 2. The Hall–Kier alpha value is -2.51. The van der Waals surface area contributed by atoms with Gasteiger partial charge in [0.05, 0.1) is 16.0 Å². The van der Waals surface area contributed by atoms with E-state index in [0.717, 1.165) is 0 Å². The Morgan fingerprint density at radius 1 is 0.914 bits per heavy atom. The summed E-state index contributed by atoms with van der Waals surface area (Å²) in [4.78, 5) is 22.8. The zero-order chi connectivity index (χ0) is 26.8. The summed E-state index contributed by atoms with van der Waals surface area (Å²) in [6, 6.07) is -0.333. The van der Waals surface area contributed by atoms with Crippen LogP contribution in [-0.2, 0) is 31.9 Å². The van der Waals surface area contributed by atoms with E-state index in [0.29, 0.717) is 25.7 Å². The number of carbonyl (C=O) groups is 2. The number of rotatable bonds is 5. The van der Waals surface area contributed by atoms with Gasteiger partial charge in [0.25, 0.3) is 10.0 Å². The van der Waals surface area contributed by atoms with Crippen molar-refractivity contribution < 1.29 is 49.1 Å². The lowest BCUT2D eigenvalue weighted by molar-refractivity contribution is -0.143. The van der Waals surface area contributed by atoms with Gasteiger partial charge in [-0.2, -0.15) is 26.3 Å². The molecule has 0 aromatic heterocycles. The molecule has 0 heterocycles. The van der Waals surface area contributed by atoms with Gasteiger partial charge in [-0.05, 0) is 70.6 Å². The smallest absolute Gasteiger partial charge is 0.416 e. The molecule has 0 unspecified atom stereocenters. The van der Waals surface area contributed by atoms with Crippen LogP contribution in [0.1, 0.15) is 64.0 Å². The van der Waals surface area contributed by atoms with Crippen molar-refractivity contribution in [1.29, 1.82) is 0 Å². The van der Waals surface area contributed by atoms with E-state index >= 15 is 0 Å². The summed E-state index contributed by atoms with van der Waals surface area (Å²) in [6.07, 6.45) is -9.53. The van der Waals surface area contributed by atoms with Crippen molar-refractivity contribution >= 4 is 22.0 Å². The van der Waals surface area contributed by atoms with Crippen molar-refractivity contribution in [1.82, 2.24) is 10.0 Å². The van der Waals surface area contributed by atoms with Crippen molar-refractivity contribution in [2.24, 2.45) is 5.92 Å². The highest BCUT2D eigenvalue weighted by Crippen LogP contribution is 2.37. The summed E-state index contributed by atoms with van der Waals surface area (Å²) in [7, 11) is -4.99. The molecule has 1 aliphatic rings. The first-order chi connectivity index (χ1) is 15.8. The molecule has 198 valence electrons. The zero-order valence-corrected chi connectivity index (χ0v) is 20.0. The van der Waals surface area contributed by atoms with Gasteiger partial charge < -0.3 is 10.1 Å². The fourth-order valence-corrected chi connectivity index (χ4v) is 4.64. The van der Waals surface area contributed by atoms with Crippen molar-refractivity contribution in [3.63, 3.8) is 0 Å². The minimum Gasteiger partial charge on any atom is -0.444 e. The summed E-state index contributed by atoms with van der Waals surface area (Å²) in [6.45, 7) is 5.12. The molecular weight excluding hydrogens is 506 g/mol. The predicted octanol–water partition coefficient (Wildman–Crippen LogP) is 5.00. The third-order valence-corrected chi connectivity index (χ3v) is 6.51. The van der Waals surface area contributed by atoms with Gasteiger partial charge in [0, 0.05) is 12.5 Å². The predicted molar refractivity (Wildman–Crippen MR) is 112 cm³/mol. The summed E-state index contributed by atoms with van der Waals surface area (Å²) < 4.78 is 110. The number of amides is 2. The number of halogens is 6. The van der Waals surface area contributed by atoms with Crippen molar-refractivity contribution in [2.45, 2.75) is 81.8 Å². The van der Waals surface area contributed by atoms with E-state index in [4.69, 9.17) is 4.74 Å². The lowest BCUT2D eigenvalue weighted by Crippen LogP contribution is -2.41. The van der Waals surface area contributed by atoms with E-state index < -0.39 is 56.0 Å². The average molecular weight is 533 g/mol. The highest BCUT2D eigenvalue weighted by Gasteiger charge is 2.38. The van der Waals surface area contributed by atoms with E-state index in [1.54, 1.807) is 25.5 Å². The van der Waals surface area contributed by atoms with E-state index in [9.17, 15) is 44.3 Å². The van der Waals surface area contributed by atoms with E-state index in [1.165, 1.54) is 0 Å². The van der Waals surface area contributed by atoms with Crippen LogP contribution in [0, 0.1) is 5.92 Å². The van der Waals surface area contributed by atoms with Crippen molar-refractivity contribution in [3.05, 3.63) is 29.3 Å². The molecule has 0 radical (unpaired) electrons. The molecule has 0 saturated heterocycles.